The van der Waals surface area contributed by atoms with E-state index in [-0.39, 0.29) is 23.5 Å². The summed E-state index contributed by atoms with van der Waals surface area (Å²) < 4.78 is 31.2. The molecule has 0 spiro atoms. The molecule has 1 atom stereocenters. The van der Waals surface area contributed by atoms with Crippen molar-refractivity contribution in [2.24, 2.45) is 0 Å². The molecule has 1 saturated heterocycles. The second-order valence-electron chi connectivity index (χ2n) is 8.39. The third-order valence-corrected chi connectivity index (χ3v) is 7.80. The van der Waals surface area contributed by atoms with Gasteiger partial charge in [-0.2, -0.15) is 5.10 Å². The van der Waals surface area contributed by atoms with Gasteiger partial charge in [0.05, 0.1) is 47.0 Å². The van der Waals surface area contributed by atoms with E-state index in [9.17, 15) is 13.2 Å². The van der Waals surface area contributed by atoms with Crippen molar-refractivity contribution in [2.75, 3.05) is 23.9 Å². The standard InChI is InChI=1S/C25H24N4O4S/c1-16-23-21(25(30)26-18-6-4-3-5-7-18)14-22(17-8-10-20(33-2)11-9-17)27-24(23)29(28-16)19-12-13-34(31,32)15-19/h3-11,14,19H,12-13,15H2,1-2H3,(H,26,30). The Morgan fingerprint density at radius 3 is 2.50 bits per heavy atom. The van der Waals surface area contributed by atoms with Gasteiger partial charge in [-0.3, -0.25) is 4.79 Å². The van der Waals surface area contributed by atoms with Crippen LogP contribution in [0, 0.1) is 6.92 Å². The lowest BCUT2D eigenvalue weighted by Crippen LogP contribution is -2.15. The van der Waals surface area contributed by atoms with Crippen LogP contribution >= 0.6 is 0 Å². The highest BCUT2D eigenvalue weighted by atomic mass is 32.2. The molecule has 0 saturated carbocycles. The van der Waals surface area contributed by atoms with Crippen LogP contribution in [0.3, 0.4) is 0 Å². The van der Waals surface area contributed by atoms with Gasteiger partial charge < -0.3 is 10.1 Å². The number of hydrogen-bond acceptors (Lipinski definition) is 6. The largest absolute Gasteiger partial charge is 0.497 e. The highest BCUT2D eigenvalue weighted by Crippen LogP contribution is 2.32. The van der Waals surface area contributed by atoms with E-state index in [1.54, 1.807) is 17.9 Å². The Balaban J connectivity index is 1.67. The van der Waals surface area contributed by atoms with Gasteiger partial charge >= 0.3 is 0 Å². The lowest BCUT2D eigenvalue weighted by atomic mass is 10.0. The third kappa shape index (κ3) is 4.14. The molecular weight excluding hydrogens is 452 g/mol. The molecule has 2 aromatic carbocycles. The van der Waals surface area contributed by atoms with Crippen LogP contribution in [0.2, 0.25) is 0 Å². The number of nitrogens with one attached hydrogen (secondary N) is 1. The Hall–Kier alpha value is -3.72. The molecule has 5 rings (SSSR count). The van der Waals surface area contributed by atoms with E-state index in [2.05, 4.69) is 10.4 Å². The molecule has 1 aliphatic rings. The van der Waals surface area contributed by atoms with Crippen molar-refractivity contribution in [3.63, 3.8) is 0 Å². The maximum absolute atomic E-state index is 13.4. The van der Waals surface area contributed by atoms with Crippen molar-refractivity contribution >= 4 is 32.5 Å². The normalized spacial score (nSPS) is 17.1. The second kappa shape index (κ2) is 8.57. The van der Waals surface area contributed by atoms with Crippen LogP contribution in [0.5, 0.6) is 5.75 Å². The van der Waals surface area contributed by atoms with Gasteiger partial charge in [0.1, 0.15) is 5.75 Å². The molecule has 174 valence electrons. The summed E-state index contributed by atoms with van der Waals surface area (Å²) in [5.74, 6) is 0.569. The number of para-hydroxylation sites is 1. The molecule has 3 heterocycles. The molecule has 4 aromatic rings. The Kier molecular flexibility index (Phi) is 5.57. The lowest BCUT2D eigenvalue weighted by molar-refractivity contribution is 0.102. The van der Waals surface area contributed by atoms with Gasteiger partial charge in [0.15, 0.2) is 15.5 Å². The topological polar surface area (TPSA) is 103 Å². The van der Waals surface area contributed by atoms with Crippen molar-refractivity contribution in [3.05, 3.63) is 71.9 Å². The van der Waals surface area contributed by atoms with E-state index in [0.717, 1.165) is 5.56 Å². The monoisotopic (exact) mass is 476 g/mol. The van der Waals surface area contributed by atoms with Crippen LogP contribution in [-0.4, -0.2) is 47.7 Å². The summed E-state index contributed by atoms with van der Waals surface area (Å²) in [6.45, 7) is 1.82. The van der Waals surface area contributed by atoms with Gasteiger partial charge in [-0.25, -0.2) is 18.1 Å². The Morgan fingerprint density at radius 2 is 1.85 bits per heavy atom. The number of sulfone groups is 1. The van der Waals surface area contributed by atoms with Crippen molar-refractivity contribution in [2.45, 2.75) is 19.4 Å². The summed E-state index contributed by atoms with van der Waals surface area (Å²) in [4.78, 5) is 18.3. The quantitative estimate of drug-likeness (QED) is 0.467. The first-order valence-corrected chi connectivity index (χ1v) is 12.8. The zero-order valence-corrected chi connectivity index (χ0v) is 19.7. The van der Waals surface area contributed by atoms with Crippen LogP contribution in [0.25, 0.3) is 22.3 Å². The van der Waals surface area contributed by atoms with Crippen molar-refractivity contribution in [1.29, 1.82) is 0 Å². The second-order valence-corrected chi connectivity index (χ2v) is 10.6. The van der Waals surface area contributed by atoms with Gasteiger partial charge in [-0.1, -0.05) is 18.2 Å². The van der Waals surface area contributed by atoms with Crippen molar-refractivity contribution < 1.29 is 17.9 Å². The number of nitrogens with zero attached hydrogens (tertiary/aromatic N) is 3. The summed E-state index contributed by atoms with van der Waals surface area (Å²) in [7, 11) is -1.52. The van der Waals surface area contributed by atoms with Crippen LogP contribution in [-0.2, 0) is 9.84 Å². The first kappa shape index (κ1) is 22.1. The first-order chi connectivity index (χ1) is 16.3. The predicted molar refractivity (Wildman–Crippen MR) is 131 cm³/mol. The zero-order chi connectivity index (χ0) is 23.9. The fourth-order valence-electron chi connectivity index (χ4n) is 4.34. The smallest absolute Gasteiger partial charge is 0.256 e. The number of aryl methyl sites for hydroxylation is 1. The molecule has 8 nitrogen and oxygen atoms in total. The lowest BCUT2D eigenvalue weighted by Gasteiger charge is -2.12. The molecule has 34 heavy (non-hydrogen) atoms. The average molecular weight is 477 g/mol. The highest BCUT2D eigenvalue weighted by molar-refractivity contribution is 7.91. The molecule has 9 heteroatoms. The summed E-state index contributed by atoms with van der Waals surface area (Å²) in [5.41, 5.74) is 3.65. The average Bonchev–Trinajstić information content (AvgIpc) is 3.37. The number of fused-ring (bicyclic) bond motifs is 1. The highest BCUT2D eigenvalue weighted by Gasteiger charge is 2.32. The van der Waals surface area contributed by atoms with E-state index in [1.165, 1.54) is 0 Å². The molecule has 1 aliphatic heterocycles. The predicted octanol–water partition coefficient (Wildman–Crippen LogP) is 4.03. The molecule has 0 radical (unpaired) electrons. The molecule has 1 N–H and O–H groups in total. The van der Waals surface area contributed by atoms with E-state index in [0.29, 0.717) is 45.8 Å². The molecule has 1 unspecified atom stereocenters. The molecule has 2 aromatic heterocycles. The maximum atomic E-state index is 13.4. The number of aromatic nitrogens is 3. The molecular formula is C25H24N4O4S. The number of methoxy groups -OCH3 is 1. The number of pyridine rings is 1. The number of ether oxygens (including phenoxy) is 1. The number of benzene rings is 2. The Bertz CT molecular complexity index is 1480. The molecule has 0 bridgehead atoms. The summed E-state index contributed by atoms with van der Waals surface area (Å²) >= 11 is 0. The minimum atomic E-state index is -3.12. The first-order valence-electron chi connectivity index (χ1n) is 11.0. The van der Waals surface area contributed by atoms with Crippen molar-refractivity contribution in [3.8, 4) is 17.0 Å². The van der Waals surface area contributed by atoms with Gasteiger partial charge in [0.25, 0.3) is 5.91 Å². The SMILES string of the molecule is COc1ccc(-c2cc(C(=O)Nc3ccccc3)c3c(C)nn(C4CCS(=O)(=O)C4)c3n2)cc1. The van der Waals surface area contributed by atoms with Gasteiger partial charge in [-0.15, -0.1) is 0 Å². The van der Waals surface area contributed by atoms with Gasteiger partial charge in [-0.05, 0) is 55.8 Å². The van der Waals surface area contributed by atoms with E-state index in [4.69, 9.17) is 9.72 Å². The third-order valence-electron chi connectivity index (χ3n) is 6.05. The molecule has 1 amide bonds. The number of carbonyl (C=O) groups excluding carboxylic acids is 1. The Labute approximate surface area is 197 Å². The maximum Gasteiger partial charge on any atom is 0.256 e. The van der Waals surface area contributed by atoms with Gasteiger partial charge in [0, 0.05) is 11.3 Å². The Morgan fingerprint density at radius 1 is 1.12 bits per heavy atom. The van der Waals surface area contributed by atoms with Crippen LogP contribution in [0.1, 0.15) is 28.5 Å². The number of hydrogen-bond donors (Lipinski definition) is 1. The molecule has 1 fully saturated rings. The van der Waals surface area contributed by atoms with Crippen LogP contribution in [0.4, 0.5) is 5.69 Å². The fourth-order valence-corrected chi connectivity index (χ4v) is 6.04. The van der Waals surface area contributed by atoms with Crippen LogP contribution < -0.4 is 10.1 Å². The van der Waals surface area contributed by atoms with E-state index >= 15 is 0 Å². The summed E-state index contributed by atoms with van der Waals surface area (Å²) in [5, 5.41) is 8.21. The minimum Gasteiger partial charge on any atom is -0.497 e. The summed E-state index contributed by atoms with van der Waals surface area (Å²) in [6.07, 6.45) is 0.471. The van der Waals surface area contributed by atoms with E-state index in [1.807, 2.05) is 61.5 Å². The van der Waals surface area contributed by atoms with Crippen LogP contribution in [0.15, 0.2) is 60.7 Å². The van der Waals surface area contributed by atoms with Crippen molar-refractivity contribution in [1.82, 2.24) is 14.8 Å². The number of anilines is 1. The van der Waals surface area contributed by atoms with Gasteiger partial charge in [0.2, 0.25) is 0 Å². The summed E-state index contributed by atoms with van der Waals surface area (Å²) in [6, 6.07) is 18.1. The van der Waals surface area contributed by atoms with E-state index < -0.39 is 9.84 Å². The molecule has 0 aliphatic carbocycles. The zero-order valence-electron chi connectivity index (χ0n) is 18.9. The number of amides is 1. The fraction of sp³-hybridized carbons (Fsp3) is 0.240. The number of rotatable bonds is 5. The minimum absolute atomic E-state index is 0.0171. The number of carbonyl (C=O) groups is 1.